The number of unbranched alkanes of at least 4 members (excludes halogenated alkanes) is 1. The number of amides is 1. The Hall–Kier alpha value is -2.73. The third-order valence-electron chi connectivity index (χ3n) is 6.64. The van der Waals surface area contributed by atoms with E-state index in [1.54, 1.807) is 0 Å². The van der Waals surface area contributed by atoms with Gasteiger partial charge in [0.15, 0.2) is 0 Å². The lowest BCUT2D eigenvalue weighted by molar-refractivity contribution is 0.0933. The predicted molar refractivity (Wildman–Crippen MR) is 128 cm³/mol. The molecule has 6 heteroatoms. The van der Waals surface area contributed by atoms with Crippen molar-refractivity contribution in [2.45, 2.75) is 45.1 Å². The van der Waals surface area contributed by atoms with Gasteiger partial charge in [0, 0.05) is 43.5 Å². The van der Waals surface area contributed by atoms with Crippen LogP contribution < -0.4 is 15.0 Å². The van der Waals surface area contributed by atoms with Crippen LogP contribution in [0, 0.1) is 0 Å². The number of phenolic OH excluding ortho intramolecular Hbond substituents is 1. The fraction of sp³-hybridized carbons (Fsp3) is 0.500. The van der Waals surface area contributed by atoms with E-state index in [4.69, 9.17) is 4.74 Å². The molecule has 0 bridgehead atoms. The zero-order valence-electron chi connectivity index (χ0n) is 19.3. The number of benzene rings is 2. The third-order valence-corrected chi connectivity index (χ3v) is 6.64. The van der Waals surface area contributed by atoms with E-state index in [0.29, 0.717) is 17.9 Å². The Morgan fingerprint density at radius 3 is 2.56 bits per heavy atom. The van der Waals surface area contributed by atoms with Gasteiger partial charge in [-0.25, -0.2) is 0 Å². The molecule has 1 aliphatic heterocycles. The second-order valence-corrected chi connectivity index (χ2v) is 8.99. The summed E-state index contributed by atoms with van der Waals surface area (Å²) in [5.74, 6) is 1.12. The summed E-state index contributed by atoms with van der Waals surface area (Å²) in [7, 11) is 2.15. The predicted octanol–water partition coefficient (Wildman–Crippen LogP) is 3.61. The molecule has 1 saturated heterocycles. The number of carbonyl (C=O) groups is 1. The fourth-order valence-corrected chi connectivity index (χ4v) is 4.61. The van der Waals surface area contributed by atoms with Crippen LogP contribution >= 0.6 is 0 Å². The molecule has 1 heterocycles. The van der Waals surface area contributed by atoms with E-state index >= 15 is 0 Å². The van der Waals surface area contributed by atoms with E-state index < -0.39 is 0 Å². The number of nitrogens with one attached hydrogen (secondary N) is 1. The van der Waals surface area contributed by atoms with Crippen LogP contribution in [0.2, 0.25) is 0 Å². The number of likely N-dealkylation sites (N-methyl/N-ethyl adjacent to an activating group) is 1. The lowest BCUT2D eigenvalue weighted by Crippen LogP contribution is -2.45. The lowest BCUT2D eigenvalue weighted by Gasteiger charge is -2.37. The van der Waals surface area contributed by atoms with Crippen molar-refractivity contribution in [1.29, 1.82) is 0 Å². The quantitative estimate of drug-likeness (QED) is 0.648. The largest absolute Gasteiger partial charge is 0.508 e. The summed E-state index contributed by atoms with van der Waals surface area (Å²) in [6.07, 6.45) is 4.47. The molecule has 6 nitrogen and oxygen atoms in total. The van der Waals surface area contributed by atoms with Crippen LogP contribution in [0.1, 0.15) is 47.7 Å². The maximum atomic E-state index is 12.9. The number of piperazine rings is 1. The number of hydrogen-bond acceptors (Lipinski definition) is 5. The first-order chi connectivity index (χ1) is 15.5. The topological polar surface area (TPSA) is 65.0 Å². The molecule has 0 saturated carbocycles. The standard InChI is InChI=1S/C26H35N3O3/c1-3-4-17-32-21-8-5-19(6-9-21)26(31)27-20-7-10-22-23(18-20)24(11-12-25(22)30)29-15-13-28(2)14-16-29/h5-6,8-9,11-12,20,30H,3-4,7,10,13-18H2,1-2H3,(H,27,31). The maximum absolute atomic E-state index is 12.9. The first-order valence-corrected chi connectivity index (χ1v) is 11.9. The van der Waals surface area contributed by atoms with Crippen LogP contribution in [0.5, 0.6) is 11.5 Å². The molecule has 0 spiro atoms. The average molecular weight is 438 g/mol. The maximum Gasteiger partial charge on any atom is 0.251 e. The first-order valence-electron chi connectivity index (χ1n) is 11.9. The van der Waals surface area contributed by atoms with Gasteiger partial charge >= 0.3 is 0 Å². The molecular weight excluding hydrogens is 402 g/mol. The van der Waals surface area contributed by atoms with Gasteiger partial charge in [0.1, 0.15) is 11.5 Å². The van der Waals surface area contributed by atoms with Crippen LogP contribution in [-0.2, 0) is 12.8 Å². The number of phenols is 1. The van der Waals surface area contributed by atoms with Crippen LogP contribution in [0.15, 0.2) is 36.4 Å². The molecule has 0 radical (unpaired) electrons. The van der Waals surface area contributed by atoms with Crippen molar-refractivity contribution in [3.05, 3.63) is 53.1 Å². The smallest absolute Gasteiger partial charge is 0.251 e. The fourth-order valence-electron chi connectivity index (χ4n) is 4.61. The number of carbonyl (C=O) groups excluding carboxylic acids is 1. The minimum Gasteiger partial charge on any atom is -0.508 e. The van der Waals surface area contributed by atoms with E-state index in [9.17, 15) is 9.90 Å². The normalized spacial score (nSPS) is 18.8. The minimum atomic E-state index is -0.0557. The molecule has 4 rings (SSSR count). The first kappa shape index (κ1) is 22.5. The lowest BCUT2D eigenvalue weighted by atomic mass is 9.86. The average Bonchev–Trinajstić information content (AvgIpc) is 2.81. The molecule has 2 aromatic carbocycles. The molecule has 2 N–H and O–H groups in total. The summed E-state index contributed by atoms with van der Waals surface area (Å²) in [5, 5.41) is 13.7. The Morgan fingerprint density at radius 2 is 1.84 bits per heavy atom. The second kappa shape index (κ2) is 10.3. The summed E-state index contributed by atoms with van der Waals surface area (Å²) in [4.78, 5) is 17.6. The molecule has 32 heavy (non-hydrogen) atoms. The van der Waals surface area contributed by atoms with Gasteiger partial charge in [-0.3, -0.25) is 4.79 Å². The van der Waals surface area contributed by atoms with Gasteiger partial charge in [-0.1, -0.05) is 13.3 Å². The zero-order valence-corrected chi connectivity index (χ0v) is 19.3. The highest BCUT2D eigenvalue weighted by molar-refractivity contribution is 5.94. The Morgan fingerprint density at radius 1 is 1.09 bits per heavy atom. The van der Waals surface area contributed by atoms with E-state index in [-0.39, 0.29) is 11.9 Å². The minimum absolute atomic E-state index is 0.0557. The summed E-state index contributed by atoms with van der Waals surface area (Å²) in [6.45, 7) is 6.87. The Balaban J connectivity index is 1.42. The zero-order chi connectivity index (χ0) is 22.5. The molecule has 1 fully saturated rings. The number of ether oxygens (including phenoxy) is 1. The SMILES string of the molecule is CCCCOc1ccc(C(=O)NC2CCc3c(O)ccc(N4CCN(C)CC4)c3C2)cc1. The Bertz CT molecular complexity index is 921. The molecule has 1 atom stereocenters. The van der Waals surface area contributed by atoms with E-state index in [0.717, 1.165) is 69.6 Å². The molecule has 1 aliphatic carbocycles. The van der Waals surface area contributed by atoms with Crippen molar-refractivity contribution < 1.29 is 14.6 Å². The van der Waals surface area contributed by atoms with E-state index in [2.05, 4.69) is 29.1 Å². The summed E-state index contributed by atoms with van der Waals surface area (Å²) in [5.41, 5.74) is 4.08. The molecule has 0 aromatic heterocycles. The number of aromatic hydroxyl groups is 1. The highest BCUT2D eigenvalue weighted by atomic mass is 16.5. The van der Waals surface area contributed by atoms with Gasteiger partial charge in [0.2, 0.25) is 0 Å². The van der Waals surface area contributed by atoms with Gasteiger partial charge in [-0.2, -0.15) is 0 Å². The number of nitrogens with zero attached hydrogens (tertiary/aromatic N) is 2. The van der Waals surface area contributed by atoms with Crippen LogP contribution in [0.3, 0.4) is 0 Å². The van der Waals surface area contributed by atoms with Crippen molar-refractivity contribution in [1.82, 2.24) is 10.2 Å². The van der Waals surface area contributed by atoms with E-state index in [1.807, 2.05) is 36.4 Å². The number of rotatable bonds is 7. The Labute approximate surface area is 191 Å². The monoisotopic (exact) mass is 437 g/mol. The molecular formula is C26H35N3O3. The van der Waals surface area contributed by atoms with E-state index in [1.165, 1.54) is 11.3 Å². The van der Waals surface area contributed by atoms with Crippen LogP contribution in [0.4, 0.5) is 5.69 Å². The highest BCUT2D eigenvalue weighted by Gasteiger charge is 2.27. The third kappa shape index (κ3) is 5.18. The van der Waals surface area contributed by atoms with Crippen molar-refractivity contribution in [3.63, 3.8) is 0 Å². The van der Waals surface area contributed by atoms with Crippen molar-refractivity contribution in [3.8, 4) is 11.5 Å². The Kier molecular flexibility index (Phi) is 7.20. The highest BCUT2D eigenvalue weighted by Crippen LogP contribution is 2.36. The number of anilines is 1. The number of hydrogen-bond donors (Lipinski definition) is 2. The van der Waals surface area contributed by atoms with Crippen molar-refractivity contribution in [2.24, 2.45) is 0 Å². The van der Waals surface area contributed by atoms with Gasteiger partial charge in [-0.15, -0.1) is 0 Å². The van der Waals surface area contributed by atoms with Gasteiger partial charge in [-0.05, 0) is 80.3 Å². The molecule has 2 aliphatic rings. The van der Waals surface area contributed by atoms with Crippen molar-refractivity contribution >= 4 is 11.6 Å². The molecule has 172 valence electrons. The van der Waals surface area contributed by atoms with Crippen LogP contribution in [-0.4, -0.2) is 61.8 Å². The molecule has 1 unspecified atom stereocenters. The second-order valence-electron chi connectivity index (χ2n) is 8.99. The molecule has 2 aromatic rings. The summed E-state index contributed by atoms with van der Waals surface area (Å²) in [6, 6.07) is 11.3. The van der Waals surface area contributed by atoms with Crippen LogP contribution in [0.25, 0.3) is 0 Å². The summed E-state index contributed by atoms with van der Waals surface area (Å²) >= 11 is 0. The molecule has 1 amide bonds. The summed E-state index contributed by atoms with van der Waals surface area (Å²) < 4.78 is 5.70. The van der Waals surface area contributed by atoms with Gasteiger partial charge in [0.05, 0.1) is 6.61 Å². The van der Waals surface area contributed by atoms with Gasteiger partial charge < -0.3 is 25.0 Å². The van der Waals surface area contributed by atoms with Crippen molar-refractivity contribution in [2.75, 3.05) is 44.7 Å². The van der Waals surface area contributed by atoms with Gasteiger partial charge in [0.25, 0.3) is 5.91 Å². The number of fused-ring (bicyclic) bond motifs is 1.